The van der Waals surface area contributed by atoms with E-state index in [0.717, 1.165) is 18.4 Å². The van der Waals surface area contributed by atoms with E-state index in [9.17, 15) is 8.42 Å². The monoisotopic (exact) mass is 455 g/mol. The fraction of sp³-hybridized carbons (Fsp3) is 0.250. The first-order valence-electron chi connectivity index (χ1n) is 8.97. The Kier molecular flexibility index (Phi) is 8.24. The minimum atomic E-state index is -3.64. The summed E-state index contributed by atoms with van der Waals surface area (Å²) in [4.78, 5) is 4.48. The van der Waals surface area contributed by atoms with Crippen molar-refractivity contribution in [1.82, 2.24) is 14.6 Å². The fourth-order valence-electron chi connectivity index (χ4n) is 3.28. The molecule has 0 aliphatic carbocycles. The Morgan fingerprint density at radius 3 is 2.52 bits per heavy atom. The quantitative estimate of drug-likeness (QED) is 0.646. The number of hydrogen-bond acceptors (Lipinski definition) is 5. The lowest BCUT2D eigenvalue weighted by Gasteiger charge is -2.21. The molecule has 0 amide bonds. The number of aromatic nitrogens is 1. The van der Waals surface area contributed by atoms with Crippen molar-refractivity contribution in [1.29, 1.82) is 0 Å². The zero-order valence-electron chi connectivity index (χ0n) is 15.7. The zero-order chi connectivity index (χ0) is 18.7. The molecule has 0 atom stereocenters. The summed E-state index contributed by atoms with van der Waals surface area (Å²) in [7, 11) is -3.64. The predicted molar refractivity (Wildman–Crippen MR) is 119 cm³/mol. The molecule has 9 heteroatoms. The number of para-hydroxylation sites is 1. The van der Waals surface area contributed by atoms with Crippen LogP contribution >= 0.6 is 24.8 Å². The molecule has 1 aliphatic rings. The minimum absolute atomic E-state index is 0. The van der Waals surface area contributed by atoms with Gasteiger partial charge in [0.2, 0.25) is 10.0 Å². The number of benzene rings is 2. The number of halogens is 2. The van der Waals surface area contributed by atoms with Gasteiger partial charge in [-0.25, -0.2) is 8.42 Å². The van der Waals surface area contributed by atoms with Gasteiger partial charge in [0, 0.05) is 36.6 Å². The van der Waals surface area contributed by atoms with Gasteiger partial charge in [0.15, 0.2) is 5.75 Å². The summed E-state index contributed by atoms with van der Waals surface area (Å²) >= 11 is 0. The van der Waals surface area contributed by atoms with E-state index in [1.165, 1.54) is 0 Å². The van der Waals surface area contributed by atoms with Gasteiger partial charge in [0.25, 0.3) is 0 Å². The molecule has 29 heavy (non-hydrogen) atoms. The largest absolute Gasteiger partial charge is 0.455 e. The van der Waals surface area contributed by atoms with Gasteiger partial charge in [0.05, 0.1) is 11.1 Å². The normalized spacial score (nSPS) is 15.0. The van der Waals surface area contributed by atoms with Crippen LogP contribution in [0.2, 0.25) is 0 Å². The first kappa shape index (κ1) is 23.4. The average Bonchev–Trinajstić information content (AvgIpc) is 2.99. The summed E-state index contributed by atoms with van der Waals surface area (Å²) in [6, 6.07) is 14.5. The third-order valence-electron chi connectivity index (χ3n) is 4.60. The SMILES string of the molecule is Cl.Cl.O=S(=O)(c1cccc2cncc(Oc3ccccc3)c12)N1CCCNCC1. The van der Waals surface area contributed by atoms with Crippen molar-refractivity contribution in [3.63, 3.8) is 0 Å². The van der Waals surface area contributed by atoms with Gasteiger partial charge in [-0.15, -0.1) is 24.8 Å². The van der Waals surface area contributed by atoms with Crippen molar-refractivity contribution in [2.45, 2.75) is 11.3 Å². The number of nitrogens with zero attached hydrogens (tertiary/aromatic N) is 2. The van der Waals surface area contributed by atoms with Crippen LogP contribution in [-0.4, -0.2) is 43.9 Å². The van der Waals surface area contributed by atoms with Gasteiger partial charge in [-0.05, 0) is 31.2 Å². The Bertz CT molecular complexity index is 1040. The summed E-state index contributed by atoms with van der Waals surface area (Å²) < 4.78 is 34.3. The van der Waals surface area contributed by atoms with E-state index >= 15 is 0 Å². The van der Waals surface area contributed by atoms with Crippen LogP contribution in [0.3, 0.4) is 0 Å². The second-order valence-corrected chi connectivity index (χ2v) is 8.32. The fourth-order valence-corrected chi connectivity index (χ4v) is 4.98. The standard InChI is InChI=1S/C20H21N3O3S.2ClH/c24-27(25,23-12-5-10-21-11-13-23)19-9-4-6-16-14-22-15-18(20(16)19)26-17-7-2-1-3-8-17;;/h1-4,6-9,14-15,21H,5,10-13H2;2*1H. The summed E-state index contributed by atoms with van der Waals surface area (Å²) in [5, 5.41) is 4.54. The van der Waals surface area contributed by atoms with Gasteiger partial charge in [-0.1, -0.05) is 30.3 Å². The zero-order valence-corrected chi connectivity index (χ0v) is 18.1. The molecule has 1 fully saturated rings. The predicted octanol–water partition coefficient (Wildman–Crippen LogP) is 3.85. The van der Waals surface area contributed by atoms with Gasteiger partial charge in [-0.2, -0.15) is 4.31 Å². The van der Waals surface area contributed by atoms with Crippen LogP contribution in [0.1, 0.15) is 6.42 Å². The van der Waals surface area contributed by atoms with Crippen LogP contribution < -0.4 is 10.1 Å². The molecule has 0 saturated carbocycles. The van der Waals surface area contributed by atoms with Crippen LogP contribution in [0, 0.1) is 0 Å². The molecule has 3 aromatic rings. The minimum Gasteiger partial charge on any atom is -0.455 e. The molecular formula is C20H23Cl2N3O3S. The summed E-state index contributed by atoms with van der Waals surface area (Å²) in [5.74, 6) is 1.07. The second kappa shape index (κ2) is 10.2. The van der Waals surface area contributed by atoms with E-state index in [0.29, 0.717) is 36.5 Å². The van der Waals surface area contributed by atoms with Gasteiger partial charge in [0.1, 0.15) is 5.75 Å². The topological polar surface area (TPSA) is 71.5 Å². The smallest absolute Gasteiger partial charge is 0.243 e. The molecule has 1 aromatic heterocycles. The maximum atomic E-state index is 13.4. The van der Waals surface area contributed by atoms with E-state index in [-0.39, 0.29) is 29.7 Å². The third-order valence-corrected chi connectivity index (χ3v) is 6.54. The summed E-state index contributed by atoms with van der Waals surface area (Å²) in [5.41, 5.74) is 0. The van der Waals surface area contributed by atoms with E-state index in [1.54, 1.807) is 28.8 Å². The van der Waals surface area contributed by atoms with E-state index < -0.39 is 10.0 Å². The molecule has 0 radical (unpaired) electrons. The first-order chi connectivity index (χ1) is 13.2. The highest BCUT2D eigenvalue weighted by Crippen LogP contribution is 2.35. The second-order valence-electron chi connectivity index (χ2n) is 6.41. The molecule has 156 valence electrons. The maximum Gasteiger partial charge on any atom is 0.243 e. The van der Waals surface area contributed by atoms with E-state index in [2.05, 4.69) is 10.3 Å². The number of pyridine rings is 1. The molecule has 0 bridgehead atoms. The molecule has 6 nitrogen and oxygen atoms in total. The average molecular weight is 456 g/mol. The molecule has 0 spiro atoms. The highest BCUT2D eigenvalue weighted by molar-refractivity contribution is 7.89. The highest BCUT2D eigenvalue weighted by Gasteiger charge is 2.28. The molecule has 2 aromatic carbocycles. The van der Waals surface area contributed by atoms with Crippen LogP contribution in [-0.2, 0) is 10.0 Å². The van der Waals surface area contributed by atoms with Crippen molar-refractivity contribution >= 4 is 45.6 Å². The molecule has 1 saturated heterocycles. The van der Waals surface area contributed by atoms with E-state index in [1.807, 2.05) is 36.4 Å². The van der Waals surface area contributed by atoms with E-state index in [4.69, 9.17) is 4.74 Å². The number of sulfonamides is 1. The Labute approximate surface area is 183 Å². The third kappa shape index (κ3) is 4.99. The number of rotatable bonds is 4. The maximum absolute atomic E-state index is 13.4. The Hall–Kier alpha value is -1.90. The van der Waals surface area contributed by atoms with Crippen LogP contribution in [0.15, 0.2) is 65.8 Å². The highest BCUT2D eigenvalue weighted by atomic mass is 35.5. The molecular weight excluding hydrogens is 433 g/mol. The van der Waals surface area contributed by atoms with Crippen molar-refractivity contribution in [3.8, 4) is 11.5 Å². The number of fused-ring (bicyclic) bond motifs is 1. The van der Waals surface area contributed by atoms with Gasteiger partial charge in [-0.3, -0.25) is 4.98 Å². The number of hydrogen-bond donors (Lipinski definition) is 1. The van der Waals surface area contributed by atoms with Gasteiger partial charge < -0.3 is 10.1 Å². The molecule has 2 heterocycles. The first-order valence-corrected chi connectivity index (χ1v) is 10.4. The van der Waals surface area contributed by atoms with Crippen LogP contribution in [0.25, 0.3) is 10.8 Å². The molecule has 1 N–H and O–H groups in total. The van der Waals surface area contributed by atoms with Crippen molar-refractivity contribution < 1.29 is 13.2 Å². The molecule has 1 aliphatic heterocycles. The van der Waals surface area contributed by atoms with Crippen molar-refractivity contribution in [3.05, 3.63) is 60.9 Å². The number of ether oxygens (including phenoxy) is 1. The molecule has 0 unspecified atom stereocenters. The Balaban J connectivity index is 0.00000150. The molecule has 4 rings (SSSR count). The lowest BCUT2D eigenvalue weighted by Crippen LogP contribution is -2.34. The van der Waals surface area contributed by atoms with Crippen molar-refractivity contribution in [2.24, 2.45) is 0 Å². The Morgan fingerprint density at radius 2 is 1.72 bits per heavy atom. The summed E-state index contributed by atoms with van der Waals surface area (Å²) in [6.45, 7) is 2.44. The van der Waals surface area contributed by atoms with Crippen LogP contribution in [0.4, 0.5) is 0 Å². The van der Waals surface area contributed by atoms with Crippen molar-refractivity contribution in [2.75, 3.05) is 26.2 Å². The lowest BCUT2D eigenvalue weighted by molar-refractivity contribution is 0.432. The number of nitrogens with one attached hydrogen (secondary N) is 1. The lowest BCUT2D eigenvalue weighted by atomic mass is 10.1. The Morgan fingerprint density at radius 1 is 0.931 bits per heavy atom. The van der Waals surface area contributed by atoms with Gasteiger partial charge >= 0.3 is 0 Å². The summed E-state index contributed by atoms with van der Waals surface area (Å²) in [6.07, 6.45) is 4.02. The van der Waals surface area contributed by atoms with Crippen LogP contribution in [0.5, 0.6) is 11.5 Å².